The molecule has 0 N–H and O–H groups in total. The maximum Gasteiger partial charge on any atom is 0.225 e. The van der Waals surface area contributed by atoms with Gasteiger partial charge in [-0.25, -0.2) is 0 Å². The third kappa shape index (κ3) is 1.93. The molecule has 0 bridgehead atoms. The highest BCUT2D eigenvalue weighted by atomic mass is 32.2. The minimum atomic E-state index is -0.709. The van der Waals surface area contributed by atoms with Crippen LogP contribution in [0, 0.1) is 5.92 Å². The van der Waals surface area contributed by atoms with Crippen molar-refractivity contribution >= 4 is 16.7 Å². The number of hydrogen-bond donors (Lipinski definition) is 0. The van der Waals surface area contributed by atoms with Crippen molar-refractivity contribution in [2.75, 3.05) is 18.8 Å². The molecule has 2 unspecified atom stereocenters. The van der Waals surface area contributed by atoms with Crippen LogP contribution in [0.15, 0.2) is 0 Å². The summed E-state index contributed by atoms with van der Waals surface area (Å²) in [7, 11) is -0.709. The van der Waals surface area contributed by atoms with Crippen molar-refractivity contribution in [3.63, 3.8) is 0 Å². The summed E-state index contributed by atoms with van der Waals surface area (Å²) < 4.78 is 11.3. The summed E-state index contributed by atoms with van der Waals surface area (Å²) in [6.07, 6.45) is 2.12. The van der Waals surface area contributed by atoms with Gasteiger partial charge in [0, 0.05) is 40.8 Å². The summed E-state index contributed by atoms with van der Waals surface area (Å²) in [4.78, 5) is 13.5. The van der Waals surface area contributed by atoms with Crippen LogP contribution in [0.5, 0.6) is 0 Å². The van der Waals surface area contributed by atoms with Crippen molar-refractivity contribution in [2.24, 2.45) is 5.92 Å². The van der Waals surface area contributed by atoms with E-state index in [1.54, 1.807) is 0 Å². The highest BCUT2D eigenvalue weighted by Gasteiger charge is 2.35. The van der Waals surface area contributed by atoms with Gasteiger partial charge in [-0.05, 0) is 19.8 Å². The third-order valence-electron chi connectivity index (χ3n) is 2.73. The molecule has 0 radical (unpaired) electrons. The van der Waals surface area contributed by atoms with E-state index in [1.807, 2.05) is 11.8 Å². The summed E-state index contributed by atoms with van der Waals surface area (Å²) >= 11 is 0. The zero-order valence-corrected chi connectivity index (χ0v) is 8.68. The Kier molecular flexibility index (Phi) is 2.41. The molecule has 1 saturated heterocycles. The van der Waals surface area contributed by atoms with E-state index in [9.17, 15) is 9.00 Å². The molecule has 2 rings (SSSR count). The van der Waals surface area contributed by atoms with Gasteiger partial charge in [0.25, 0.3) is 0 Å². The Bertz CT molecular complexity index is 250. The van der Waals surface area contributed by atoms with Crippen LogP contribution in [0.3, 0.4) is 0 Å². The average molecular weight is 201 g/mol. The molecule has 0 aromatic heterocycles. The molecule has 2 atom stereocenters. The maximum atomic E-state index is 11.6. The molecule has 2 aliphatic rings. The molecule has 1 aliphatic carbocycles. The summed E-state index contributed by atoms with van der Waals surface area (Å²) in [6, 6.07) is 0. The van der Waals surface area contributed by atoms with E-state index in [2.05, 4.69) is 0 Å². The lowest BCUT2D eigenvalue weighted by atomic mass is 10.3. The first-order valence-electron chi connectivity index (χ1n) is 4.84. The summed E-state index contributed by atoms with van der Waals surface area (Å²) in [5.41, 5.74) is 0. The molecule has 1 heterocycles. The van der Waals surface area contributed by atoms with Crippen LogP contribution in [-0.2, 0) is 15.6 Å². The Labute approximate surface area is 80.9 Å². The molecule has 1 amide bonds. The molecule has 0 aromatic carbocycles. The monoisotopic (exact) mass is 201 g/mol. The van der Waals surface area contributed by atoms with E-state index >= 15 is 0 Å². The number of rotatable bonds is 1. The quantitative estimate of drug-likeness (QED) is 0.615. The van der Waals surface area contributed by atoms with E-state index in [-0.39, 0.29) is 5.25 Å². The van der Waals surface area contributed by atoms with Crippen LogP contribution in [0.25, 0.3) is 0 Å². The Balaban J connectivity index is 1.93. The summed E-state index contributed by atoms with van der Waals surface area (Å²) in [5.74, 6) is 1.27. The van der Waals surface area contributed by atoms with Gasteiger partial charge in [0.2, 0.25) is 5.91 Å². The van der Waals surface area contributed by atoms with E-state index in [4.69, 9.17) is 0 Å². The number of amides is 1. The minimum absolute atomic E-state index is 0.163. The van der Waals surface area contributed by atoms with Gasteiger partial charge in [-0.3, -0.25) is 9.00 Å². The van der Waals surface area contributed by atoms with Gasteiger partial charge < -0.3 is 4.90 Å². The average Bonchev–Trinajstić information content (AvgIpc) is 2.91. The Hall–Kier alpha value is -0.380. The van der Waals surface area contributed by atoms with Crippen LogP contribution in [0.2, 0.25) is 0 Å². The molecule has 74 valence electrons. The first-order chi connectivity index (χ1) is 6.18. The van der Waals surface area contributed by atoms with Gasteiger partial charge in [0.15, 0.2) is 0 Å². The number of hydrogen-bond acceptors (Lipinski definition) is 2. The third-order valence-corrected chi connectivity index (χ3v) is 4.36. The van der Waals surface area contributed by atoms with Crippen LogP contribution >= 0.6 is 0 Å². The summed E-state index contributed by atoms with van der Waals surface area (Å²) in [6.45, 7) is 3.36. The van der Waals surface area contributed by atoms with Gasteiger partial charge in [0.05, 0.1) is 0 Å². The largest absolute Gasteiger partial charge is 0.340 e. The van der Waals surface area contributed by atoms with Crippen molar-refractivity contribution in [1.82, 2.24) is 4.90 Å². The molecule has 0 aromatic rings. The van der Waals surface area contributed by atoms with E-state index in [0.29, 0.717) is 30.7 Å². The molecular formula is C9H15NO2S. The van der Waals surface area contributed by atoms with Gasteiger partial charge >= 0.3 is 0 Å². The lowest BCUT2D eigenvalue weighted by Crippen LogP contribution is -2.46. The lowest BCUT2D eigenvalue weighted by Gasteiger charge is -2.30. The van der Waals surface area contributed by atoms with Crippen LogP contribution in [0.4, 0.5) is 0 Å². The van der Waals surface area contributed by atoms with Crippen LogP contribution in [0.1, 0.15) is 19.8 Å². The van der Waals surface area contributed by atoms with Crippen LogP contribution in [-0.4, -0.2) is 39.1 Å². The molecule has 0 spiro atoms. The Morgan fingerprint density at radius 2 is 2.15 bits per heavy atom. The molecule has 13 heavy (non-hydrogen) atoms. The lowest BCUT2D eigenvalue weighted by molar-refractivity contribution is -0.132. The van der Waals surface area contributed by atoms with Crippen molar-refractivity contribution in [2.45, 2.75) is 25.0 Å². The van der Waals surface area contributed by atoms with Gasteiger partial charge in [-0.2, -0.15) is 0 Å². The highest BCUT2D eigenvalue weighted by Crippen LogP contribution is 2.31. The van der Waals surface area contributed by atoms with Gasteiger partial charge in [0.1, 0.15) is 0 Å². The zero-order chi connectivity index (χ0) is 9.42. The number of nitrogens with zero attached hydrogens (tertiary/aromatic N) is 1. The first kappa shape index (κ1) is 9.19. The second kappa shape index (κ2) is 3.40. The Morgan fingerprint density at radius 1 is 1.46 bits per heavy atom. The maximum absolute atomic E-state index is 11.6. The van der Waals surface area contributed by atoms with Gasteiger partial charge in [-0.15, -0.1) is 0 Å². The summed E-state index contributed by atoms with van der Waals surface area (Å²) in [5, 5.41) is 0.163. The van der Waals surface area contributed by atoms with E-state index in [1.165, 1.54) is 0 Å². The fourth-order valence-corrected chi connectivity index (χ4v) is 2.82. The standard InChI is InChI=1S/C9H15NO2S/c1-7-6-10(4-5-13(7)12)9(11)8-2-3-8/h7-8H,2-6H2,1H3. The molecular weight excluding hydrogens is 186 g/mol. The fraction of sp³-hybridized carbons (Fsp3) is 0.889. The zero-order valence-electron chi connectivity index (χ0n) is 7.86. The predicted octanol–water partition coefficient (Wildman–Crippen LogP) is 0.376. The molecule has 3 nitrogen and oxygen atoms in total. The highest BCUT2D eigenvalue weighted by molar-refractivity contribution is 7.85. The smallest absolute Gasteiger partial charge is 0.225 e. The topological polar surface area (TPSA) is 37.4 Å². The molecule has 4 heteroatoms. The number of carbonyl (C=O) groups excluding carboxylic acids is 1. The normalized spacial score (nSPS) is 34.7. The Morgan fingerprint density at radius 3 is 2.69 bits per heavy atom. The predicted molar refractivity (Wildman–Crippen MR) is 51.8 cm³/mol. The van der Waals surface area contributed by atoms with Crippen molar-refractivity contribution < 1.29 is 9.00 Å². The van der Waals surface area contributed by atoms with Crippen LogP contribution < -0.4 is 0 Å². The first-order valence-corrected chi connectivity index (χ1v) is 6.22. The fourth-order valence-electron chi connectivity index (χ4n) is 1.67. The van der Waals surface area contributed by atoms with Crippen molar-refractivity contribution in [3.8, 4) is 0 Å². The molecule has 2 fully saturated rings. The van der Waals surface area contributed by atoms with E-state index < -0.39 is 10.8 Å². The van der Waals surface area contributed by atoms with Crippen molar-refractivity contribution in [3.05, 3.63) is 0 Å². The SMILES string of the molecule is CC1CN(C(=O)C2CC2)CCS1=O. The number of carbonyl (C=O) groups is 1. The molecule has 1 saturated carbocycles. The van der Waals surface area contributed by atoms with Gasteiger partial charge in [-0.1, -0.05) is 0 Å². The van der Waals surface area contributed by atoms with E-state index in [0.717, 1.165) is 12.8 Å². The second-order valence-corrected chi connectivity index (χ2v) is 5.93. The minimum Gasteiger partial charge on any atom is -0.340 e. The second-order valence-electron chi connectivity index (χ2n) is 3.95. The molecule has 1 aliphatic heterocycles. The van der Waals surface area contributed by atoms with Crippen molar-refractivity contribution in [1.29, 1.82) is 0 Å².